The minimum atomic E-state index is -0.859. The summed E-state index contributed by atoms with van der Waals surface area (Å²) in [7, 11) is 1.52. The van der Waals surface area contributed by atoms with Crippen LogP contribution < -0.4 is 10.6 Å². The van der Waals surface area contributed by atoms with Gasteiger partial charge in [0, 0.05) is 7.11 Å². The smallest absolute Gasteiger partial charge is 0.256 e. The SMILES string of the molecule is COC1(C(=O)Nc2ccc(C)cc2F)CCNCC1.Cl. The van der Waals surface area contributed by atoms with Gasteiger partial charge in [0.15, 0.2) is 0 Å². The molecule has 1 aliphatic heterocycles. The van der Waals surface area contributed by atoms with Crippen LogP contribution in [0.1, 0.15) is 18.4 Å². The summed E-state index contributed by atoms with van der Waals surface area (Å²) in [6.45, 7) is 3.24. The molecule has 1 saturated heterocycles. The maximum Gasteiger partial charge on any atom is 0.256 e. The molecule has 0 unspecified atom stereocenters. The Balaban J connectivity index is 0.00000200. The van der Waals surface area contributed by atoms with E-state index in [0.717, 1.165) is 18.7 Å². The van der Waals surface area contributed by atoms with Gasteiger partial charge in [-0.05, 0) is 50.6 Å². The number of anilines is 1. The van der Waals surface area contributed by atoms with Gasteiger partial charge >= 0.3 is 0 Å². The first-order chi connectivity index (χ1) is 9.07. The van der Waals surface area contributed by atoms with E-state index in [4.69, 9.17) is 4.74 Å². The second kappa shape index (κ2) is 7.02. The lowest BCUT2D eigenvalue weighted by atomic mass is 9.91. The van der Waals surface area contributed by atoms with Crippen molar-refractivity contribution < 1.29 is 13.9 Å². The van der Waals surface area contributed by atoms with Crippen LogP contribution in [-0.4, -0.2) is 31.7 Å². The summed E-state index contributed by atoms with van der Waals surface area (Å²) in [5.41, 5.74) is 0.159. The highest BCUT2D eigenvalue weighted by molar-refractivity contribution is 5.97. The number of benzene rings is 1. The largest absolute Gasteiger partial charge is 0.368 e. The van der Waals surface area contributed by atoms with E-state index < -0.39 is 11.4 Å². The zero-order chi connectivity index (χ0) is 13.9. The number of aryl methyl sites for hydroxylation is 1. The quantitative estimate of drug-likeness (QED) is 0.900. The third kappa shape index (κ3) is 3.48. The Kier molecular flexibility index (Phi) is 5.92. The summed E-state index contributed by atoms with van der Waals surface area (Å²) in [6.07, 6.45) is 1.17. The number of amides is 1. The van der Waals surface area contributed by atoms with Gasteiger partial charge in [-0.3, -0.25) is 4.79 Å². The number of rotatable bonds is 3. The molecule has 0 spiro atoms. The molecule has 1 aromatic rings. The maximum atomic E-state index is 13.7. The Bertz CT molecular complexity index is 476. The van der Waals surface area contributed by atoms with Gasteiger partial charge in [0.05, 0.1) is 5.69 Å². The van der Waals surface area contributed by atoms with E-state index in [2.05, 4.69) is 10.6 Å². The zero-order valence-corrected chi connectivity index (χ0v) is 12.5. The molecule has 2 N–H and O–H groups in total. The molecule has 4 nitrogen and oxygen atoms in total. The van der Waals surface area contributed by atoms with E-state index in [0.29, 0.717) is 12.8 Å². The van der Waals surface area contributed by atoms with Crippen molar-refractivity contribution in [2.75, 3.05) is 25.5 Å². The number of halogens is 2. The zero-order valence-electron chi connectivity index (χ0n) is 11.7. The summed E-state index contributed by atoms with van der Waals surface area (Å²) < 4.78 is 19.1. The van der Waals surface area contributed by atoms with Crippen molar-refractivity contribution in [3.05, 3.63) is 29.6 Å². The number of hydrogen-bond acceptors (Lipinski definition) is 3. The Morgan fingerprint density at radius 2 is 2.05 bits per heavy atom. The van der Waals surface area contributed by atoms with Gasteiger partial charge < -0.3 is 15.4 Å². The van der Waals surface area contributed by atoms with Crippen molar-refractivity contribution >= 4 is 24.0 Å². The standard InChI is InChI=1S/C14H19FN2O2.ClH/c1-10-3-4-12(11(15)9-10)17-13(18)14(19-2)5-7-16-8-6-14;/h3-4,9,16H,5-8H2,1-2H3,(H,17,18);1H. The highest BCUT2D eigenvalue weighted by Crippen LogP contribution is 2.25. The molecule has 0 bridgehead atoms. The third-order valence-corrected chi connectivity index (χ3v) is 3.59. The second-order valence-electron chi connectivity index (χ2n) is 4.89. The minimum absolute atomic E-state index is 0. The predicted molar refractivity (Wildman–Crippen MR) is 78.9 cm³/mol. The topological polar surface area (TPSA) is 50.4 Å². The Morgan fingerprint density at radius 3 is 2.60 bits per heavy atom. The van der Waals surface area contributed by atoms with Crippen molar-refractivity contribution in [2.24, 2.45) is 0 Å². The highest BCUT2D eigenvalue weighted by Gasteiger charge is 2.39. The normalized spacial score (nSPS) is 17.1. The first kappa shape index (κ1) is 16.9. The lowest BCUT2D eigenvalue weighted by Gasteiger charge is -2.34. The molecule has 0 aliphatic carbocycles. The average Bonchev–Trinajstić information content (AvgIpc) is 2.42. The van der Waals surface area contributed by atoms with E-state index in [-0.39, 0.29) is 24.0 Å². The molecule has 0 atom stereocenters. The molecule has 112 valence electrons. The molecule has 1 amide bonds. The van der Waals surface area contributed by atoms with Crippen molar-refractivity contribution in [3.63, 3.8) is 0 Å². The Labute approximate surface area is 124 Å². The van der Waals surface area contributed by atoms with Crippen LogP contribution in [0.25, 0.3) is 0 Å². The molecule has 1 aromatic carbocycles. The van der Waals surface area contributed by atoms with Crippen LogP contribution in [0.4, 0.5) is 10.1 Å². The van der Waals surface area contributed by atoms with Gasteiger partial charge in [-0.25, -0.2) is 4.39 Å². The van der Waals surface area contributed by atoms with Crippen molar-refractivity contribution in [3.8, 4) is 0 Å². The van der Waals surface area contributed by atoms with Gasteiger partial charge in [-0.15, -0.1) is 12.4 Å². The number of methoxy groups -OCH3 is 1. The second-order valence-corrected chi connectivity index (χ2v) is 4.89. The maximum absolute atomic E-state index is 13.7. The molecule has 1 heterocycles. The molecular weight excluding hydrogens is 283 g/mol. The molecule has 0 aromatic heterocycles. The fourth-order valence-corrected chi connectivity index (χ4v) is 2.31. The minimum Gasteiger partial charge on any atom is -0.368 e. The van der Waals surface area contributed by atoms with Crippen LogP contribution >= 0.6 is 12.4 Å². The lowest BCUT2D eigenvalue weighted by molar-refractivity contribution is -0.140. The Morgan fingerprint density at radius 1 is 1.40 bits per heavy atom. The van der Waals surface area contributed by atoms with Crippen molar-refractivity contribution in [1.29, 1.82) is 0 Å². The van der Waals surface area contributed by atoms with Gasteiger partial charge in [-0.1, -0.05) is 6.07 Å². The van der Waals surface area contributed by atoms with Crippen molar-refractivity contribution in [2.45, 2.75) is 25.4 Å². The molecule has 0 saturated carbocycles. The van der Waals surface area contributed by atoms with Crippen LogP contribution in [0.5, 0.6) is 0 Å². The summed E-state index contributed by atoms with van der Waals surface area (Å²) in [4.78, 5) is 12.3. The first-order valence-electron chi connectivity index (χ1n) is 6.41. The van der Waals surface area contributed by atoms with Crippen LogP contribution in [-0.2, 0) is 9.53 Å². The Hall–Kier alpha value is -1.17. The van der Waals surface area contributed by atoms with Crippen LogP contribution in [0.2, 0.25) is 0 Å². The van der Waals surface area contributed by atoms with Gasteiger partial charge in [-0.2, -0.15) is 0 Å². The number of nitrogens with one attached hydrogen (secondary N) is 2. The van der Waals surface area contributed by atoms with Crippen molar-refractivity contribution in [1.82, 2.24) is 5.32 Å². The van der Waals surface area contributed by atoms with E-state index >= 15 is 0 Å². The van der Waals surface area contributed by atoms with Gasteiger partial charge in [0.25, 0.3) is 5.91 Å². The molecule has 1 aliphatic rings. The molecule has 20 heavy (non-hydrogen) atoms. The van der Waals surface area contributed by atoms with Crippen LogP contribution in [0.15, 0.2) is 18.2 Å². The average molecular weight is 303 g/mol. The van der Waals surface area contributed by atoms with Crippen LogP contribution in [0, 0.1) is 12.7 Å². The number of carbonyl (C=O) groups excluding carboxylic acids is 1. The number of piperidine rings is 1. The van der Waals surface area contributed by atoms with Gasteiger partial charge in [0.2, 0.25) is 0 Å². The first-order valence-corrected chi connectivity index (χ1v) is 6.41. The van der Waals surface area contributed by atoms with Gasteiger partial charge in [0.1, 0.15) is 11.4 Å². The van der Waals surface area contributed by atoms with E-state index in [1.165, 1.54) is 13.2 Å². The molecule has 0 radical (unpaired) electrons. The highest BCUT2D eigenvalue weighted by atomic mass is 35.5. The number of carbonyl (C=O) groups is 1. The summed E-state index contributed by atoms with van der Waals surface area (Å²) in [5.74, 6) is -0.701. The fourth-order valence-electron chi connectivity index (χ4n) is 2.31. The summed E-state index contributed by atoms with van der Waals surface area (Å²) >= 11 is 0. The molecular formula is C14H20ClFN2O2. The fraction of sp³-hybridized carbons (Fsp3) is 0.500. The van der Waals surface area contributed by atoms with E-state index in [9.17, 15) is 9.18 Å². The molecule has 6 heteroatoms. The number of hydrogen-bond donors (Lipinski definition) is 2. The summed E-state index contributed by atoms with van der Waals surface area (Å²) in [5, 5.41) is 5.81. The van der Waals surface area contributed by atoms with E-state index in [1.807, 2.05) is 0 Å². The lowest BCUT2D eigenvalue weighted by Crippen LogP contribution is -2.51. The third-order valence-electron chi connectivity index (χ3n) is 3.59. The summed E-state index contributed by atoms with van der Waals surface area (Å²) in [6, 6.07) is 4.74. The predicted octanol–water partition coefficient (Wildman–Crippen LogP) is 2.26. The monoisotopic (exact) mass is 302 g/mol. The molecule has 1 fully saturated rings. The molecule has 2 rings (SSSR count). The number of ether oxygens (including phenoxy) is 1. The van der Waals surface area contributed by atoms with Crippen LogP contribution in [0.3, 0.4) is 0 Å². The van der Waals surface area contributed by atoms with E-state index in [1.54, 1.807) is 19.1 Å².